The number of aromatic nitrogens is 2. The molecule has 19 heteroatoms. The third kappa shape index (κ3) is 12.2. The van der Waals surface area contributed by atoms with Crippen LogP contribution in [0.5, 0.6) is 0 Å². The minimum Gasteiger partial charge on any atom is -0.479 e. The molecule has 5 aromatic rings. The van der Waals surface area contributed by atoms with Crippen LogP contribution < -0.4 is 5.56 Å². The van der Waals surface area contributed by atoms with Crippen LogP contribution in [0.4, 0.5) is 30.7 Å². The Kier molecular flexibility index (Phi) is 16.3. The summed E-state index contributed by atoms with van der Waals surface area (Å²) in [6, 6.07) is 16.9. The van der Waals surface area contributed by atoms with Crippen LogP contribution >= 0.6 is 0 Å². The summed E-state index contributed by atoms with van der Waals surface area (Å²) in [5, 5.41) is 32.8. The lowest BCUT2D eigenvalue weighted by molar-refractivity contribution is -0.165. The van der Waals surface area contributed by atoms with E-state index in [9.17, 15) is 45.5 Å². The van der Waals surface area contributed by atoms with Crippen molar-refractivity contribution in [3.8, 4) is 11.1 Å². The summed E-state index contributed by atoms with van der Waals surface area (Å²) in [5.74, 6) is -8.77. The highest BCUT2D eigenvalue weighted by Gasteiger charge is 2.31. The number of aliphatic hydroxyl groups excluding tert-OH is 2. The summed E-state index contributed by atoms with van der Waals surface area (Å²) in [7, 11) is 0. The van der Waals surface area contributed by atoms with E-state index in [1.54, 1.807) is 30.3 Å². The molecule has 12 nitrogen and oxygen atoms in total. The van der Waals surface area contributed by atoms with Crippen molar-refractivity contribution in [2.75, 3.05) is 26.2 Å². The molecular formula is C42H41F7N4O8. The van der Waals surface area contributed by atoms with Gasteiger partial charge in [-0.05, 0) is 72.6 Å². The number of carboxylic acid groups (broad SMARTS) is 2. The number of aryl methyl sites for hydroxylation is 2. The highest BCUT2D eigenvalue weighted by molar-refractivity contribution is 5.83. The number of rotatable bonds is 16. The first-order valence-corrected chi connectivity index (χ1v) is 18.7. The van der Waals surface area contributed by atoms with Gasteiger partial charge in [-0.25, -0.2) is 27.2 Å². The minimum absolute atomic E-state index is 0.00866. The first kappa shape index (κ1) is 47.5. The quantitative estimate of drug-likeness (QED) is 0.0716. The Hall–Kier alpha value is -6.18. The molecule has 4 N–H and O–H groups in total. The molecule has 0 radical (unpaired) electrons. The number of fused-ring (bicyclic) bond motifs is 1. The van der Waals surface area contributed by atoms with Gasteiger partial charge in [0.15, 0.2) is 29.7 Å². The summed E-state index contributed by atoms with van der Waals surface area (Å²) in [4.78, 5) is 54.5. The molecule has 1 aromatic heterocycles. The molecule has 1 heterocycles. The average Bonchev–Trinajstić information content (AvgIpc) is 3.23. The SMILES string of the molecule is CCN(CC)CCN(Cc1ccc(-c2ccc(C(F)(F)F)cc2)c(F)c1)C(=O)Cn1c(CCc2ccc(F)c(F)c2F)nc(=O)c2ccccc21.O=C(O)C(O)C(O)C(=O)O. The molecule has 61 heavy (non-hydrogen) atoms. The number of likely N-dealkylation sites (N-methyl/N-ethyl adjacent to an activating group) is 1. The lowest BCUT2D eigenvalue weighted by atomic mass is 10.0. The van der Waals surface area contributed by atoms with Crippen LogP contribution in [-0.2, 0) is 46.5 Å². The van der Waals surface area contributed by atoms with Crippen LogP contribution in [0.15, 0.2) is 83.7 Å². The Morgan fingerprint density at radius 2 is 1.39 bits per heavy atom. The van der Waals surface area contributed by atoms with Gasteiger partial charge in [0.1, 0.15) is 18.2 Å². The number of nitrogens with zero attached hydrogens (tertiary/aromatic N) is 4. The van der Waals surface area contributed by atoms with Gasteiger partial charge >= 0.3 is 18.1 Å². The van der Waals surface area contributed by atoms with Gasteiger partial charge in [-0.1, -0.05) is 56.3 Å². The summed E-state index contributed by atoms with van der Waals surface area (Å²) >= 11 is 0. The van der Waals surface area contributed by atoms with E-state index in [1.807, 2.05) is 13.8 Å². The second-order valence-electron chi connectivity index (χ2n) is 13.6. The summed E-state index contributed by atoms with van der Waals surface area (Å²) in [6.45, 7) is 5.83. The predicted molar refractivity (Wildman–Crippen MR) is 207 cm³/mol. The first-order valence-electron chi connectivity index (χ1n) is 18.7. The maximum Gasteiger partial charge on any atom is 0.416 e. The number of carboxylic acids is 2. The molecule has 0 aliphatic rings. The van der Waals surface area contributed by atoms with Crippen molar-refractivity contribution in [3.05, 3.63) is 135 Å². The van der Waals surface area contributed by atoms with E-state index in [-0.39, 0.29) is 60.4 Å². The smallest absolute Gasteiger partial charge is 0.416 e. The fourth-order valence-electron chi connectivity index (χ4n) is 6.19. The van der Waals surface area contributed by atoms with Gasteiger partial charge in [-0.3, -0.25) is 9.59 Å². The summed E-state index contributed by atoms with van der Waals surface area (Å²) < 4.78 is 98.0. The molecule has 0 saturated heterocycles. The number of hydrogen-bond donors (Lipinski definition) is 4. The number of carbonyl (C=O) groups is 3. The van der Waals surface area contributed by atoms with E-state index < -0.39 is 70.6 Å². The first-order chi connectivity index (χ1) is 28.8. The predicted octanol–water partition coefficient (Wildman–Crippen LogP) is 5.67. The highest BCUT2D eigenvalue weighted by atomic mass is 19.4. The van der Waals surface area contributed by atoms with E-state index in [2.05, 4.69) is 9.88 Å². The molecule has 4 aromatic carbocycles. The molecule has 326 valence electrons. The normalized spacial score (nSPS) is 12.5. The molecule has 0 spiro atoms. The van der Waals surface area contributed by atoms with Crippen LogP contribution in [-0.4, -0.2) is 96.0 Å². The van der Waals surface area contributed by atoms with Crippen LogP contribution in [0.1, 0.15) is 36.4 Å². The molecule has 0 aliphatic carbocycles. The van der Waals surface area contributed by atoms with Crippen molar-refractivity contribution in [2.45, 2.75) is 58.2 Å². The second-order valence-corrected chi connectivity index (χ2v) is 13.6. The number of aliphatic carboxylic acids is 2. The van der Waals surface area contributed by atoms with Gasteiger partial charge < -0.3 is 34.8 Å². The molecule has 1 amide bonds. The zero-order chi connectivity index (χ0) is 45.2. The number of para-hydroxylation sites is 1. The van der Waals surface area contributed by atoms with Gasteiger partial charge in [0, 0.05) is 31.6 Å². The van der Waals surface area contributed by atoms with Crippen molar-refractivity contribution in [1.29, 1.82) is 0 Å². The second kappa shape index (κ2) is 20.9. The zero-order valence-electron chi connectivity index (χ0n) is 32.7. The van der Waals surface area contributed by atoms with Gasteiger partial charge in [0.05, 0.1) is 16.5 Å². The largest absolute Gasteiger partial charge is 0.479 e. The Morgan fingerprint density at radius 1 is 0.770 bits per heavy atom. The van der Waals surface area contributed by atoms with E-state index in [0.29, 0.717) is 30.7 Å². The van der Waals surface area contributed by atoms with Crippen LogP contribution in [0.3, 0.4) is 0 Å². The van der Waals surface area contributed by atoms with Crippen molar-refractivity contribution in [2.24, 2.45) is 0 Å². The zero-order valence-corrected chi connectivity index (χ0v) is 32.7. The number of benzene rings is 4. The van der Waals surface area contributed by atoms with Gasteiger partial charge in [0.25, 0.3) is 5.56 Å². The Balaban J connectivity index is 0.000000727. The average molecular weight is 863 g/mol. The van der Waals surface area contributed by atoms with Crippen molar-refractivity contribution >= 4 is 28.7 Å². The molecule has 2 unspecified atom stereocenters. The van der Waals surface area contributed by atoms with E-state index in [1.165, 1.54) is 33.7 Å². The Bertz CT molecular complexity index is 2390. The Morgan fingerprint density at radius 3 is 1.97 bits per heavy atom. The fourth-order valence-corrected chi connectivity index (χ4v) is 6.19. The van der Waals surface area contributed by atoms with Crippen molar-refractivity contribution in [1.82, 2.24) is 19.4 Å². The topological polar surface area (TPSA) is 174 Å². The fraction of sp³-hybridized carbons (Fsp3) is 0.310. The monoisotopic (exact) mass is 862 g/mol. The highest BCUT2D eigenvalue weighted by Crippen LogP contribution is 2.32. The number of carbonyl (C=O) groups excluding carboxylic acids is 1. The maximum atomic E-state index is 15.4. The third-order valence-corrected chi connectivity index (χ3v) is 9.66. The summed E-state index contributed by atoms with van der Waals surface area (Å²) in [6.07, 6.45) is -9.28. The van der Waals surface area contributed by atoms with Crippen molar-refractivity contribution < 1.29 is 65.5 Å². The molecule has 0 bridgehead atoms. The lowest BCUT2D eigenvalue weighted by Crippen LogP contribution is -2.40. The molecule has 0 saturated carbocycles. The molecule has 0 fully saturated rings. The lowest BCUT2D eigenvalue weighted by Gasteiger charge is -2.28. The number of halogens is 7. The number of aliphatic hydroxyl groups is 2. The van der Waals surface area contributed by atoms with Crippen molar-refractivity contribution in [3.63, 3.8) is 0 Å². The number of amides is 1. The van der Waals surface area contributed by atoms with Gasteiger partial charge in [-0.15, -0.1) is 0 Å². The van der Waals surface area contributed by atoms with Gasteiger partial charge in [0.2, 0.25) is 5.91 Å². The molecule has 2 atom stereocenters. The number of hydrogen-bond acceptors (Lipinski definition) is 8. The molecule has 0 aliphatic heterocycles. The van der Waals surface area contributed by atoms with E-state index in [0.717, 1.165) is 24.3 Å². The van der Waals surface area contributed by atoms with Crippen LogP contribution in [0, 0.1) is 23.3 Å². The maximum absolute atomic E-state index is 15.4. The summed E-state index contributed by atoms with van der Waals surface area (Å²) in [5.41, 5.74) is -0.364. The van der Waals surface area contributed by atoms with E-state index in [4.69, 9.17) is 20.4 Å². The van der Waals surface area contributed by atoms with Crippen LogP contribution in [0.2, 0.25) is 0 Å². The standard InChI is InChI=1S/C38H35F7N4O2.C4H6O6/c1-3-47(4-2)19-20-48(22-24-9-16-28(31(40)21-24)25-10-14-27(15-11-25)38(43,44)45)34(50)23-49-32-8-6-5-7-29(32)37(51)46-33(49)18-13-26-12-17-30(39)36(42)35(26)41;5-1(3(7)8)2(6)4(9)10/h5-12,14-17,21H,3-4,13,18-20,22-23H2,1-2H3;1-2,5-6H,(H,7,8)(H,9,10). The van der Waals surface area contributed by atoms with Crippen LogP contribution in [0.25, 0.3) is 22.0 Å². The van der Waals surface area contributed by atoms with Gasteiger partial charge in [-0.2, -0.15) is 18.2 Å². The number of alkyl halides is 3. The third-order valence-electron chi connectivity index (χ3n) is 9.66. The molecular weight excluding hydrogens is 821 g/mol. The Labute approximate surface area is 343 Å². The minimum atomic E-state index is -4.53. The molecule has 5 rings (SSSR count). The van der Waals surface area contributed by atoms with E-state index >= 15 is 4.39 Å².